The van der Waals surface area contributed by atoms with E-state index in [-0.39, 0.29) is 5.82 Å². The first-order chi connectivity index (χ1) is 16.5. The van der Waals surface area contributed by atoms with Crippen molar-refractivity contribution in [2.75, 3.05) is 17.2 Å². The second-order valence-corrected chi connectivity index (χ2v) is 8.47. The lowest BCUT2D eigenvalue weighted by atomic mass is 10.1. The third-order valence-electron chi connectivity index (χ3n) is 4.95. The van der Waals surface area contributed by atoms with Crippen LogP contribution in [0.15, 0.2) is 83.9 Å². The molecule has 1 aromatic heterocycles. The van der Waals surface area contributed by atoms with E-state index in [4.69, 9.17) is 9.52 Å². The van der Waals surface area contributed by atoms with Crippen molar-refractivity contribution >= 4 is 28.0 Å². The predicted molar refractivity (Wildman–Crippen MR) is 133 cm³/mol. The molecule has 0 fully saturated rings. The van der Waals surface area contributed by atoms with Gasteiger partial charge in [-0.3, -0.25) is 4.78 Å². The first-order valence-electron chi connectivity index (χ1n) is 10.7. The molecule has 0 spiro atoms. The van der Waals surface area contributed by atoms with Crippen LogP contribution in [0.1, 0.15) is 12.5 Å². The number of benzene rings is 3. The molecule has 9 heteroatoms. The monoisotopic (exact) mass is 477 g/mol. The molecule has 0 saturated heterocycles. The van der Waals surface area contributed by atoms with E-state index in [0.717, 1.165) is 22.4 Å². The van der Waals surface area contributed by atoms with E-state index in [2.05, 4.69) is 20.6 Å². The summed E-state index contributed by atoms with van der Waals surface area (Å²) in [5.41, 5.74) is 3.06. The molecule has 7 nitrogen and oxygen atoms in total. The Kier molecular flexibility index (Phi) is 7.34. The Balaban J connectivity index is 1.65. The number of aromatic nitrogens is 2. The third kappa shape index (κ3) is 5.87. The van der Waals surface area contributed by atoms with Gasteiger partial charge in [-0.2, -0.15) is 4.98 Å². The number of hydrogen-bond acceptors (Lipinski definition) is 7. The first-order valence-corrected chi connectivity index (χ1v) is 11.9. The van der Waals surface area contributed by atoms with Crippen LogP contribution in [0.4, 0.5) is 21.8 Å². The zero-order valence-electron chi connectivity index (χ0n) is 18.5. The smallest absolute Gasteiger partial charge is 0.229 e. The molecule has 0 saturated carbocycles. The highest BCUT2D eigenvalue weighted by molar-refractivity contribution is 7.73. The fourth-order valence-electron chi connectivity index (χ4n) is 3.36. The van der Waals surface area contributed by atoms with Crippen molar-refractivity contribution in [2.24, 2.45) is 0 Å². The van der Waals surface area contributed by atoms with Gasteiger partial charge in [0, 0.05) is 28.9 Å². The average molecular weight is 478 g/mol. The Morgan fingerprint density at radius 2 is 1.85 bits per heavy atom. The van der Waals surface area contributed by atoms with Crippen LogP contribution in [0, 0.1) is 10.6 Å². The van der Waals surface area contributed by atoms with Crippen molar-refractivity contribution < 1.29 is 13.3 Å². The summed E-state index contributed by atoms with van der Waals surface area (Å²) in [6.45, 7) is 2.88. The normalized spacial score (nSPS) is 11.6. The van der Waals surface area contributed by atoms with Crippen LogP contribution in [0.5, 0.6) is 5.75 Å². The second kappa shape index (κ2) is 10.8. The number of rotatable bonds is 9. The molecule has 0 aliphatic rings. The molecule has 174 valence electrons. The van der Waals surface area contributed by atoms with E-state index >= 15 is 0 Å². The molecule has 0 amide bonds. The molecule has 1 heterocycles. The Morgan fingerprint density at radius 1 is 1.06 bits per heavy atom. The number of nitrogens with zero attached hydrogens (tertiary/aromatic N) is 2. The van der Waals surface area contributed by atoms with E-state index in [1.807, 2.05) is 37.3 Å². The molecule has 0 aliphatic carbocycles. The Bertz CT molecular complexity index is 1350. The number of nitrogens with one attached hydrogen (secondary N) is 3. The topological polar surface area (TPSA) is 100.0 Å². The molecule has 1 atom stereocenters. The number of ether oxygens (including phenoxy) is 1. The maximum absolute atomic E-state index is 13.6. The highest BCUT2D eigenvalue weighted by atomic mass is 32.2. The summed E-state index contributed by atoms with van der Waals surface area (Å²) < 4.78 is 38.1. The third-order valence-corrected chi connectivity index (χ3v) is 5.70. The van der Waals surface area contributed by atoms with Gasteiger partial charge in [-0.25, -0.2) is 13.6 Å². The van der Waals surface area contributed by atoms with Crippen LogP contribution in [0.3, 0.4) is 0 Å². The van der Waals surface area contributed by atoms with Crippen LogP contribution in [-0.2, 0) is 17.1 Å². The van der Waals surface area contributed by atoms with E-state index in [1.165, 1.54) is 12.1 Å². The molecular weight excluding hydrogens is 453 g/mol. The predicted octanol–water partition coefficient (Wildman–Crippen LogP) is 5.64. The molecule has 34 heavy (non-hydrogen) atoms. The average Bonchev–Trinajstić information content (AvgIpc) is 2.84. The van der Waals surface area contributed by atoms with Gasteiger partial charge in [-0.05, 0) is 60.5 Å². The minimum Gasteiger partial charge on any atom is -0.494 e. The van der Waals surface area contributed by atoms with Gasteiger partial charge in [0.05, 0.1) is 17.2 Å². The fraction of sp³-hybridized carbons (Fsp3) is 0.120. The number of hydrogen-bond donors (Lipinski definition) is 4. The molecule has 0 radical (unpaired) electrons. The summed E-state index contributed by atoms with van der Waals surface area (Å²) in [6, 6.07) is 20.8. The standard InChI is InChI=1S/C25H24FN5O2S/c1-2-33-21-11-9-18(10-12-21)23-16-29-25(30-20-7-4-8-22(14-20)34(27)32)31-24(23)28-15-17-5-3-6-19(26)13-17/h3-14,16,27,34H,2,15H2,1H3,(H2,28,29,30,31). The van der Waals surface area contributed by atoms with Crippen molar-refractivity contribution in [1.82, 2.24) is 9.97 Å². The van der Waals surface area contributed by atoms with Gasteiger partial charge in [-0.15, -0.1) is 0 Å². The van der Waals surface area contributed by atoms with E-state index in [1.54, 1.807) is 36.5 Å². The van der Waals surface area contributed by atoms with E-state index in [9.17, 15) is 8.60 Å². The van der Waals surface area contributed by atoms with Crippen LogP contribution in [-0.4, -0.2) is 20.8 Å². The molecule has 1 unspecified atom stereocenters. The Morgan fingerprint density at radius 3 is 2.59 bits per heavy atom. The number of thiol groups is 1. The summed E-state index contributed by atoms with van der Waals surface area (Å²) >= 11 is 0. The van der Waals surface area contributed by atoms with Gasteiger partial charge in [0.25, 0.3) is 0 Å². The van der Waals surface area contributed by atoms with Crippen LogP contribution >= 0.6 is 0 Å². The SMILES string of the molecule is CCOc1ccc(-c2cnc(Nc3cccc([SH](=N)=O)c3)nc2NCc2cccc(F)c2)cc1. The lowest BCUT2D eigenvalue weighted by molar-refractivity contribution is 0.340. The zero-order chi connectivity index (χ0) is 23.9. The van der Waals surface area contributed by atoms with Crippen LogP contribution in [0.2, 0.25) is 0 Å². The number of halogens is 1. The van der Waals surface area contributed by atoms with Gasteiger partial charge in [0.1, 0.15) is 17.4 Å². The highest BCUT2D eigenvalue weighted by Crippen LogP contribution is 2.29. The van der Waals surface area contributed by atoms with E-state index < -0.39 is 10.6 Å². The molecular formula is C25H24FN5O2S. The maximum atomic E-state index is 13.6. The van der Waals surface area contributed by atoms with Gasteiger partial charge in [0.2, 0.25) is 5.95 Å². The van der Waals surface area contributed by atoms with Gasteiger partial charge >= 0.3 is 0 Å². The number of anilines is 3. The lowest BCUT2D eigenvalue weighted by Gasteiger charge is -2.14. The minimum absolute atomic E-state index is 0.302. The summed E-state index contributed by atoms with van der Waals surface area (Å²) in [5.74, 6) is 1.36. The zero-order valence-corrected chi connectivity index (χ0v) is 19.4. The molecule has 3 N–H and O–H groups in total. The van der Waals surface area contributed by atoms with Crippen LogP contribution in [0.25, 0.3) is 11.1 Å². The largest absolute Gasteiger partial charge is 0.494 e. The van der Waals surface area contributed by atoms with Crippen molar-refractivity contribution in [3.8, 4) is 16.9 Å². The summed E-state index contributed by atoms with van der Waals surface area (Å²) in [4.78, 5) is 9.49. The lowest BCUT2D eigenvalue weighted by Crippen LogP contribution is -2.06. The van der Waals surface area contributed by atoms with E-state index in [0.29, 0.717) is 35.5 Å². The van der Waals surface area contributed by atoms with Gasteiger partial charge in [-0.1, -0.05) is 30.3 Å². The Hall–Kier alpha value is -3.98. The first kappa shape index (κ1) is 23.2. The van der Waals surface area contributed by atoms with Gasteiger partial charge < -0.3 is 15.4 Å². The summed E-state index contributed by atoms with van der Waals surface area (Å²) in [5, 5.41) is 6.38. The van der Waals surface area contributed by atoms with Gasteiger partial charge in [0.15, 0.2) is 0 Å². The maximum Gasteiger partial charge on any atom is 0.229 e. The molecule has 4 rings (SSSR count). The highest BCUT2D eigenvalue weighted by Gasteiger charge is 2.11. The summed E-state index contributed by atoms with van der Waals surface area (Å²) in [7, 11) is -2.20. The quantitative estimate of drug-likeness (QED) is 0.233. The molecule has 0 bridgehead atoms. The minimum atomic E-state index is -2.20. The van der Waals surface area contributed by atoms with Crippen molar-refractivity contribution in [3.05, 3.63) is 90.4 Å². The molecule has 4 aromatic rings. The fourth-order valence-corrected chi connectivity index (χ4v) is 3.84. The summed E-state index contributed by atoms with van der Waals surface area (Å²) in [6.07, 6.45) is 1.70. The Labute approximate surface area is 199 Å². The van der Waals surface area contributed by atoms with Crippen molar-refractivity contribution in [3.63, 3.8) is 0 Å². The van der Waals surface area contributed by atoms with Crippen LogP contribution < -0.4 is 15.4 Å². The van der Waals surface area contributed by atoms with Crippen molar-refractivity contribution in [2.45, 2.75) is 18.4 Å². The second-order valence-electron chi connectivity index (χ2n) is 7.37. The molecule has 0 aliphatic heterocycles. The van der Waals surface area contributed by atoms with Crippen molar-refractivity contribution in [1.29, 1.82) is 4.78 Å². The molecule has 3 aromatic carbocycles.